The summed E-state index contributed by atoms with van der Waals surface area (Å²) < 4.78 is 30.5. The van der Waals surface area contributed by atoms with Gasteiger partial charge in [0.2, 0.25) is 0 Å². The molecule has 13 heavy (non-hydrogen) atoms. The average Bonchev–Trinajstić information content (AvgIpc) is 2.01. The number of rotatable bonds is 2. The fourth-order valence-electron chi connectivity index (χ4n) is 1.44. The van der Waals surface area contributed by atoms with E-state index in [-0.39, 0.29) is 12.5 Å². The highest BCUT2D eigenvalue weighted by atomic mass is 32.2. The lowest BCUT2D eigenvalue weighted by atomic mass is 10.0. The third kappa shape index (κ3) is 2.68. The van der Waals surface area contributed by atoms with E-state index in [1.54, 1.807) is 13.1 Å². The molecule has 5 nitrogen and oxygen atoms in total. The molecule has 0 fully saturated rings. The van der Waals surface area contributed by atoms with Gasteiger partial charge in [-0.05, 0) is 12.5 Å². The van der Waals surface area contributed by atoms with Crippen LogP contribution in [0.3, 0.4) is 0 Å². The smallest absolute Gasteiger partial charge is 0.268 e. The van der Waals surface area contributed by atoms with E-state index in [4.69, 9.17) is 10.3 Å². The SMILES string of the molecule is CNC1=CC(N)CC(S(=O)(=O)O)C1. The lowest BCUT2D eigenvalue weighted by Gasteiger charge is -2.24. The van der Waals surface area contributed by atoms with Gasteiger partial charge in [-0.15, -0.1) is 0 Å². The normalized spacial score (nSPS) is 29.6. The highest BCUT2D eigenvalue weighted by Gasteiger charge is 2.29. The van der Waals surface area contributed by atoms with E-state index >= 15 is 0 Å². The largest absolute Gasteiger partial charge is 0.392 e. The van der Waals surface area contributed by atoms with Crippen LogP contribution in [0.1, 0.15) is 12.8 Å². The first-order chi connectivity index (χ1) is 5.93. The fourth-order valence-corrected chi connectivity index (χ4v) is 2.29. The van der Waals surface area contributed by atoms with Gasteiger partial charge in [-0.1, -0.05) is 0 Å². The molecule has 0 aliphatic heterocycles. The predicted molar refractivity (Wildman–Crippen MR) is 49.7 cm³/mol. The summed E-state index contributed by atoms with van der Waals surface area (Å²) in [6, 6.07) is -0.303. The van der Waals surface area contributed by atoms with Crippen LogP contribution in [0, 0.1) is 0 Å². The summed E-state index contributed by atoms with van der Waals surface area (Å²) in [4.78, 5) is 0. The third-order valence-corrected chi connectivity index (χ3v) is 3.34. The van der Waals surface area contributed by atoms with Crippen molar-refractivity contribution in [3.63, 3.8) is 0 Å². The van der Waals surface area contributed by atoms with Crippen LogP contribution in [0.15, 0.2) is 11.8 Å². The van der Waals surface area contributed by atoms with E-state index in [2.05, 4.69) is 5.32 Å². The van der Waals surface area contributed by atoms with Crippen molar-refractivity contribution >= 4 is 10.1 Å². The van der Waals surface area contributed by atoms with Gasteiger partial charge in [-0.3, -0.25) is 4.55 Å². The summed E-state index contributed by atoms with van der Waals surface area (Å²) in [5.74, 6) is 0. The zero-order valence-electron chi connectivity index (χ0n) is 7.40. The second kappa shape index (κ2) is 3.65. The molecular weight excluding hydrogens is 192 g/mol. The molecule has 0 amide bonds. The Bertz CT molecular complexity index is 310. The highest BCUT2D eigenvalue weighted by molar-refractivity contribution is 7.86. The Morgan fingerprint density at radius 3 is 2.77 bits per heavy atom. The zero-order valence-corrected chi connectivity index (χ0v) is 8.21. The van der Waals surface area contributed by atoms with E-state index in [1.807, 2.05) is 0 Å². The lowest BCUT2D eigenvalue weighted by molar-refractivity contribution is 0.449. The second-order valence-corrected chi connectivity index (χ2v) is 4.88. The van der Waals surface area contributed by atoms with Gasteiger partial charge < -0.3 is 11.1 Å². The van der Waals surface area contributed by atoms with E-state index < -0.39 is 15.4 Å². The summed E-state index contributed by atoms with van der Waals surface area (Å²) >= 11 is 0. The van der Waals surface area contributed by atoms with Gasteiger partial charge in [0.1, 0.15) is 0 Å². The zero-order chi connectivity index (χ0) is 10.1. The summed E-state index contributed by atoms with van der Waals surface area (Å²) in [6.07, 6.45) is 2.37. The molecule has 1 rings (SSSR count). The molecule has 0 saturated carbocycles. The van der Waals surface area contributed by atoms with Gasteiger partial charge in [0.05, 0.1) is 5.25 Å². The van der Waals surface area contributed by atoms with Crippen molar-refractivity contribution in [1.29, 1.82) is 0 Å². The van der Waals surface area contributed by atoms with Crippen molar-refractivity contribution in [2.75, 3.05) is 7.05 Å². The molecular formula is C7H14N2O3S. The molecule has 2 unspecified atom stereocenters. The van der Waals surface area contributed by atoms with Crippen LogP contribution < -0.4 is 11.1 Å². The highest BCUT2D eigenvalue weighted by Crippen LogP contribution is 2.21. The predicted octanol–water partition coefficient (Wildman–Crippen LogP) is -0.533. The minimum Gasteiger partial charge on any atom is -0.392 e. The quantitative estimate of drug-likeness (QED) is 0.528. The van der Waals surface area contributed by atoms with Crippen molar-refractivity contribution in [2.24, 2.45) is 5.73 Å². The van der Waals surface area contributed by atoms with Gasteiger partial charge >= 0.3 is 0 Å². The maximum Gasteiger partial charge on any atom is 0.268 e. The molecule has 0 bridgehead atoms. The van der Waals surface area contributed by atoms with Crippen LogP contribution in [0.2, 0.25) is 0 Å². The summed E-state index contributed by atoms with van der Waals surface area (Å²) in [6.45, 7) is 0. The van der Waals surface area contributed by atoms with Crippen molar-refractivity contribution in [2.45, 2.75) is 24.1 Å². The van der Waals surface area contributed by atoms with Gasteiger partial charge in [0.25, 0.3) is 10.1 Å². The average molecular weight is 206 g/mol. The maximum atomic E-state index is 10.8. The Balaban J connectivity index is 2.81. The molecule has 0 spiro atoms. The second-order valence-electron chi connectivity index (χ2n) is 3.18. The van der Waals surface area contributed by atoms with E-state index in [0.717, 1.165) is 5.70 Å². The van der Waals surface area contributed by atoms with Crippen LogP contribution in [0.5, 0.6) is 0 Å². The van der Waals surface area contributed by atoms with E-state index in [9.17, 15) is 8.42 Å². The van der Waals surface area contributed by atoms with Crippen molar-refractivity contribution in [3.8, 4) is 0 Å². The minimum absolute atomic E-state index is 0.282. The fraction of sp³-hybridized carbons (Fsp3) is 0.714. The number of hydrogen-bond donors (Lipinski definition) is 3. The van der Waals surface area contributed by atoms with Gasteiger partial charge in [-0.2, -0.15) is 8.42 Å². The molecule has 1 aliphatic carbocycles. The van der Waals surface area contributed by atoms with Crippen LogP contribution in [0.4, 0.5) is 0 Å². The molecule has 4 N–H and O–H groups in total. The topological polar surface area (TPSA) is 92.4 Å². The van der Waals surface area contributed by atoms with E-state index in [0.29, 0.717) is 6.42 Å². The molecule has 1 aliphatic rings. The molecule has 0 aromatic rings. The summed E-state index contributed by atoms with van der Waals surface area (Å²) in [5.41, 5.74) is 6.36. The Labute approximate surface area is 77.8 Å². The maximum absolute atomic E-state index is 10.8. The molecule has 0 radical (unpaired) electrons. The molecule has 0 aromatic carbocycles. The third-order valence-electron chi connectivity index (χ3n) is 2.14. The molecule has 0 saturated heterocycles. The Morgan fingerprint density at radius 1 is 1.69 bits per heavy atom. The van der Waals surface area contributed by atoms with Crippen LogP contribution in [-0.4, -0.2) is 31.3 Å². The van der Waals surface area contributed by atoms with E-state index in [1.165, 1.54) is 0 Å². The summed E-state index contributed by atoms with van der Waals surface area (Å²) in [7, 11) is -2.26. The number of hydrogen-bond acceptors (Lipinski definition) is 4. The number of allylic oxidation sites excluding steroid dienone is 1. The molecule has 0 aromatic heterocycles. The van der Waals surface area contributed by atoms with Crippen molar-refractivity contribution in [1.82, 2.24) is 5.32 Å². The first-order valence-electron chi connectivity index (χ1n) is 4.04. The van der Waals surface area contributed by atoms with Crippen molar-refractivity contribution in [3.05, 3.63) is 11.8 Å². The monoisotopic (exact) mass is 206 g/mol. The van der Waals surface area contributed by atoms with Crippen molar-refractivity contribution < 1.29 is 13.0 Å². The van der Waals surface area contributed by atoms with Gasteiger partial charge in [0, 0.05) is 25.2 Å². The minimum atomic E-state index is -3.96. The molecule has 6 heteroatoms. The molecule has 2 atom stereocenters. The summed E-state index contributed by atoms with van der Waals surface area (Å²) in [5, 5.41) is 2.07. The Kier molecular flexibility index (Phi) is 2.94. The van der Waals surface area contributed by atoms with Crippen LogP contribution in [0.25, 0.3) is 0 Å². The molecule has 76 valence electrons. The number of nitrogens with one attached hydrogen (secondary N) is 1. The van der Waals surface area contributed by atoms with Crippen LogP contribution >= 0.6 is 0 Å². The Hall–Kier alpha value is -0.590. The lowest BCUT2D eigenvalue weighted by Crippen LogP contribution is -2.36. The first kappa shape index (κ1) is 10.5. The Morgan fingerprint density at radius 2 is 2.31 bits per heavy atom. The van der Waals surface area contributed by atoms with Gasteiger partial charge in [0.15, 0.2) is 0 Å². The number of nitrogens with two attached hydrogens (primary N) is 1. The van der Waals surface area contributed by atoms with Gasteiger partial charge in [-0.25, -0.2) is 0 Å². The molecule has 0 heterocycles. The van der Waals surface area contributed by atoms with Crippen LogP contribution in [-0.2, 0) is 10.1 Å². The standard InChI is InChI=1S/C7H14N2O3S/c1-9-6-2-5(8)3-7(4-6)13(10,11)12/h2,5,7,9H,3-4,8H2,1H3,(H,10,11,12). The first-order valence-corrected chi connectivity index (χ1v) is 5.54.